The van der Waals surface area contributed by atoms with Gasteiger partial charge in [-0.05, 0) is 33.6 Å². The van der Waals surface area contributed by atoms with Gasteiger partial charge in [0.25, 0.3) is 0 Å². The van der Waals surface area contributed by atoms with Crippen molar-refractivity contribution < 1.29 is 14.3 Å². The van der Waals surface area contributed by atoms with Crippen molar-refractivity contribution in [2.45, 2.75) is 51.8 Å². The van der Waals surface area contributed by atoms with Crippen LogP contribution in [0.5, 0.6) is 0 Å². The summed E-state index contributed by atoms with van der Waals surface area (Å²) >= 11 is 0. The molecule has 1 N–H and O–H groups in total. The zero-order valence-electron chi connectivity index (χ0n) is 13.0. The van der Waals surface area contributed by atoms with E-state index in [0.717, 1.165) is 25.1 Å². The fraction of sp³-hybridized carbons (Fsp3) is 0.733. The largest absolute Gasteiger partial charge is 0.465 e. The topological polar surface area (TPSA) is 65.4 Å². The lowest BCUT2D eigenvalue weighted by Gasteiger charge is -2.22. The minimum atomic E-state index is -0.501. The van der Waals surface area contributed by atoms with Crippen LogP contribution in [0.1, 0.15) is 51.4 Å². The normalized spacial score (nSPS) is 19.9. The van der Waals surface area contributed by atoms with Crippen LogP contribution in [-0.4, -0.2) is 41.4 Å². The van der Waals surface area contributed by atoms with Crippen molar-refractivity contribution in [3.05, 3.63) is 18.2 Å². The van der Waals surface area contributed by atoms with Crippen LogP contribution in [0.15, 0.2) is 12.5 Å². The van der Waals surface area contributed by atoms with E-state index in [4.69, 9.17) is 9.47 Å². The molecule has 118 valence electrons. The minimum absolute atomic E-state index is 0.178. The van der Waals surface area contributed by atoms with Gasteiger partial charge in [0.2, 0.25) is 0 Å². The molecule has 21 heavy (non-hydrogen) atoms. The summed E-state index contributed by atoms with van der Waals surface area (Å²) in [6, 6.07) is -0.261. The summed E-state index contributed by atoms with van der Waals surface area (Å²) < 4.78 is 12.8. The lowest BCUT2D eigenvalue weighted by Crippen LogP contribution is -2.36. The third kappa shape index (κ3) is 4.04. The van der Waals surface area contributed by atoms with Crippen LogP contribution in [0.4, 0.5) is 0 Å². The van der Waals surface area contributed by atoms with E-state index < -0.39 is 6.04 Å². The summed E-state index contributed by atoms with van der Waals surface area (Å²) in [7, 11) is 0. The first-order chi connectivity index (χ1) is 10.1. The molecule has 0 saturated carbocycles. The summed E-state index contributed by atoms with van der Waals surface area (Å²) in [5.41, 5.74) is 0.835. The molecular weight excluding hydrogens is 270 g/mol. The molecule has 1 aliphatic heterocycles. The molecule has 0 spiro atoms. The van der Waals surface area contributed by atoms with Gasteiger partial charge < -0.3 is 14.0 Å². The van der Waals surface area contributed by atoms with Crippen LogP contribution in [0.25, 0.3) is 0 Å². The maximum absolute atomic E-state index is 12.3. The Morgan fingerprint density at radius 1 is 1.62 bits per heavy atom. The van der Waals surface area contributed by atoms with Crippen LogP contribution in [0.3, 0.4) is 0 Å². The number of aromatic nitrogens is 2. The average Bonchev–Trinajstić information content (AvgIpc) is 3.09. The van der Waals surface area contributed by atoms with Crippen molar-refractivity contribution in [3.8, 4) is 0 Å². The van der Waals surface area contributed by atoms with Crippen LogP contribution < -0.4 is 5.32 Å². The van der Waals surface area contributed by atoms with Crippen LogP contribution in [-0.2, 0) is 14.3 Å². The third-order valence-electron chi connectivity index (χ3n) is 3.64. The van der Waals surface area contributed by atoms with E-state index in [1.54, 1.807) is 12.5 Å². The first-order valence-electron chi connectivity index (χ1n) is 7.66. The number of ether oxygens (including phenoxy) is 2. The number of hydrogen-bond donors (Lipinski definition) is 1. The summed E-state index contributed by atoms with van der Waals surface area (Å²) in [5.74, 6) is -0.266. The number of nitrogens with one attached hydrogen (secondary N) is 1. The monoisotopic (exact) mass is 295 g/mol. The molecule has 6 nitrogen and oxygen atoms in total. The highest BCUT2D eigenvalue weighted by Gasteiger charge is 2.27. The van der Waals surface area contributed by atoms with Gasteiger partial charge in [-0.15, -0.1) is 0 Å². The van der Waals surface area contributed by atoms with E-state index in [2.05, 4.69) is 24.1 Å². The Balaban J connectivity index is 2.10. The van der Waals surface area contributed by atoms with Gasteiger partial charge in [0.15, 0.2) is 0 Å². The lowest BCUT2D eigenvalue weighted by molar-refractivity contribution is -0.146. The van der Waals surface area contributed by atoms with Gasteiger partial charge in [0.1, 0.15) is 6.04 Å². The van der Waals surface area contributed by atoms with Crippen LogP contribution in [0, 0.1) is 0 Å². The van der Waals surface area contributed by atoms with E-state index >= 15 is 0 Å². The first kappa shape index (κ1) is 16.0. The molecule has 2 heterocycles. The Labute approximate surface area is 125 Å². The molecule has 0 bridgehead atoms. The Bertz CT molecular complexity index is 453. The molecule has 2 rings (SSSR count). The van der Waals surface area contributed by atoms with Crippen molar-refractivity contribution in [2.24, 2.45) is 0 Å². The molecule has 2 unspecified atom stereocenters. The van der Waals surface area contributed by atoms with Gasteiger partial charge in [0.05, 0.1) is 30.9 Å². The zero-order valence-corrected chi connectivity index (χ0v) is 13.0. The van der Waals surface area contributed by atoms with Crippen molar-refractivity contribution in [3.63, 3.8) is 0 Å². The van der Waals surface area contributed by atoms with Crippen molar-refractivity contribution in [2.75, 3.05) is 19.8 Å². The predicted molar refractivity (Wildman–Crippen MR) is 79.0 cm³/mol. The molecule has 1 aliphatic rings. The van der Waals surface area contributed by atoms with Gasteiger partial charge in [-0.1, -0.05) is 0 Å². The summed E-state index contributed by atoms with van der Waals surface area (Å²) in [5, 5.41) is 3.28. The fourth-order valence-corrected chi connectivity index (χ4v) is 2.56. The maximum Gasteiger partial charge on any atom is 0.329 e. The Hall–Kier alpha value is -1.40. The summed E-state index contributed by atoms with van der Waals surface area (Å²) in [6.45, 7) is 7.76. The van der Waals surface area contributed by atoms with Gasteiger partial charge >= 0.3 is 5.97 Å². The molecular formula is C15H25N3O3. The van der Waals surface area contributed by atoms with Crippen molar-refractivity contribution in [1.29, 1.82) is 0 Å². The number of imidazole rings is 1. The molecule has 0 radical (unpaired) electrons. The highest BCUT2D eigenvalue weighted by molar-refractivity contribution is 5.77. The quantitative estimate of drug-likeness (QED) is 0.778. The second-order valence-corrected chi connectivity index (χ2v) is 5.55. The number of carbonyl (C=O) groups excluding carboxylic acids is 1. The molecule has 1 aromatic heterocycles. The minimum Gasteiger partial charge on any atom is -0.465 e. The molecule has 6 heteroatoms. The van der Waals surface area contributed by atoms with Crippen molar-refractivity contribution in [1.82, 2.24) is 14.9 Å². The van der Waals surface area contributed by atoms with Crippen LogP contribution in [0.2, 0.25) is 0 Å². The molecule has 0 aliphatic carbocycles. The zero-order chi connectivity index (χ0) is 15.2. The molecule has 2 atom stereocenters. The van der Waals surface area contributed by atoms with E-state index in [1.807, 2.05) is 11.5 Å². The molecule has 0 aromatic carbocycles. The maximum atomic E-state index is 12.3. The Morgan fingerprint density at radius 2 is 2.43 bits per heavy atom. The number of nitrogens with zero attached hydrogens (tertiary/aromatic N) is 2. The second kappa shape index (κ2) is 7.56. The summed E-state index contributed by atoms with van der Waals surface area (Å²) in [6.07, 6.45) is 5.77. The van der Waals surface area contributed by atoms with Crippen LogP contribution >= 0.6 is 0 Å². The molecule has 1 saturated heterocycles. The molecule has 0 amide bonds. The third-order valence-corrected chi connectivity index (χ3v) is 3.64. The van der Waals surface area contributed by atoms with E-state index in [0.29, 0.717) is 13.2 Å². The first-order valence-corrected chi connectivity index (χ1v) is 7.66. The fourth-order valence-electron chi connectivity index (χ4n) is 2.56. The van der Waals surface area contributed by atoms with Gasteiger partial charge in [-0.25, -0.2) is 9.78 Å². The number of carbonyl (C=O) groups is 1. The highest BCUT2D eigenvalue weighted by atomic mass is 16.5. The number of rotatable bonds is 7. The Morgan fingerprint density at radius 3 is 3.05 bits per heavy atom. The smallest absolute Gasteiger partial charge is 0.329 e. The lowest BCUT2D eigenvalue weighted by atomic mass is 10.1. The van der Waals surface area contributed by atoms with Gasteiger partial charge in [-0.3, -0.25) is 5.32 Å². The summed E-state index contributed by atoms with van der Waals surface area (Å²) in [4.78, 5) is 16.4. The van der Waals surface area contributed by atoms with Gasteiger partial charge in [-0.2, -0.15) is 0 Å². The van der Waals surface area contributed by atoms with E-state index in [1.165, 1.54) is 0 Å². The van der Waals surface area contributed by atoms with Gasteiger partial charge in [0, 0.05) is 19.2 Å². The predicted octanol–water partition coefficient (Wildman–Crippen LogP) is 1.84. The number of esters is 1. The SMILES string of the molecule is CCOC(=O)C(NCC1CCCO1)c1cncn1C(C)C. The number of hydrogen-bond acceptors (Lipinski definition) is 5. The van der Waals surface area contributed by atoms with E-state index in [-0.39, 0.29) is 18.1 Å². The molecule has 1 aromatic rings. The average molecular weight is 295 g/mol. The van der Waals surface area contributed by atoms with E-state index in [9.17, 15) is 4.79 Å². The second-order valence-electron chi connectivity index (χ2n) is 5.55. The standard InChI is InChI=1S/C15H25N3O3/c1-4-20-15(19)14(17-8-12-6-5-7-21-12)13-9-16-10-18(13)11(2)3/h9-12,14,17H,4-8H2,1-3H3. The Kier molecular flexibility index (Phi) is 5.76. The molecule has 1 fully saturated rings. The highest BCUT2D eigenvalue weighted by Crippen LogP contribution is 2.20. The van der Waals surface area contributed by atoms with Crippen molar-refractivity contribution >= 4 is 5.97 Å².